The van der Waals surface area contributed by atoms with Gasteiger partial charge < -0.3 is 4.57 Å². The lowest BCUT2D eigenvalue weighted by molar-refractivity contribution is -0.137. The Labute approximate surface area is 135 Å². The van der Waals surface area contributed by atoms with Crippen LogP contribution in [0, 0.1) is 0 Å². The van der Waals surface area contributed by atoms with E-state index in [0.29, 0.717) is 0 Å². The third-order valence-electron chi connectivity index (χ3n) is 4.73. The molecular formula is C20H18N2O. The van der Waals surface area contributed by atoms with Crippen molar-refractivity contribution in [3.63, 3.8) is 0 Å². The summed E-state index contributed by atoms with van der Waals surface area (Å²) < 4.78 is 2.02. The molecule has 3 heteroatoms. The SMILES string of the molecule is CC1(n2cccc2)C(=O)N(c2ccccc2)C1c1ccccc1. The van der Waals surface area contributed by atoms with E-state index < -0.39 is 5.54 Å². The fourth-order valence-electron chi connectivity index (χ4n) is 3.52. The molecule has 3 aromatic rings. The maximum Gasteiger partial charge on any atom is 0.256 e. The second-order valence-corrected chi connectivity index (χ2v) is 6.06. The fourth-order valence-corrected chi connectivity index (χ4v) is 3.52. The second-order valence-electron chi connectivity index (χ2n) is 6.06. The number of hydrogen-bond donors (Lipinski definition) is 0. The lowest BCUT2D eigenvalue weighted by atomic mass is 9.75. The van der Waals surface area contributed by atoms with Gasteiger partial charge in [-0.05, 0) is 36.8 Å². The van der Waals surface area contributed by atoms with Crippen molar-refractivity contribution < 1.29 is 4.79 Å². The van der Waals surface area contributed by atoms with E-state index in [4.69, 9.17) is 0 Å². The van der Waals surface area contributed by atoms with Crippen molar-refractivity contribution in [3.05, 3.63) is 90.8 Å². The van der Waals surface area contributed by atoms with Crippen LogP contribution in [0.2, 0.25) is 0 Å². The number of nitrogens with zero attached hydrogens (tertiary/aromatic N) is 2. The van der Waals surface area contributed by atoms with Gasteiger partial charge in [0.15, 0.2) is 0 Å². The number of benzene rings is 2. The number of carbonyl (C=O) groups excluding carboxylic acids is 1. The van der Waals surface area contributed by atoms with Gasteiger partial charge in [0.1, 0.15) is 5.54 Å². The molecule has 0 N–H and O–H groups in total. The van der Waals surface area contributed by atoms with Crippen LogP contribution in [-0.2, 0) is 10.3 Å². The molecule has 2 aromatic carbocycles. The van der Waals surface area contributed by atoms with Gasteiger partial charge in [-0.2, -0.15) is 0 Å². The average Bonchev–Trinajstić information content (AvgIpc) is 3.15. The summed E-state index contributed by atoms with van der Waals surface area (Å²) in [7, 11) is 0. The first-order valence-electron chi connectivity index (χ1n) is 7.80. The molecule has 3 nitrogen and oxygen atoms in total. The normalized spacial score (nSPS) is 23.6. The molecule has 2 unspecified atom stereocenters. The van der Waals surface area contributed by atoms with Crippen LogP contribution >= 0.6 is 0 Å². The molecule has 0 spiro atoms. The van der Waals surface area contributed by atoms with Crippen molar-refractivity contribution >= 4 is 11.6 Å². The maximum absolute atomic E-state index is 13.1. The first-order valence-corrected chi connectivity index (χ1v) is 7.80. The Hall–Kier alpha value is -2.81. The first-order chi connectivity index (χ1) is 11.2. The highest BCUT2D eigenvalue weighted by atomic mass is 16.2. The van der Waals surface area contributed by atoms with Crippen LogP contribution in [0.4, 0.5) is 5.69 Å². The summed E-state index contributed by atoms with van der Waals surface area (Å²) in [5.41, 5.74) is 1.49. The monoisotopic (exact) mass is 302 g/mol. The molecule has 1 aliphatic heterocycles. The Morgan fingerprint density at radius 2 is 1.39 bits per heavy atom. The van der Waals surface area contributed by atoms with Gasteiger partial charge in [-0.15, -0.1) is 0 Å². The summed E-state index contributed by atoms with van der Waals surface area (Å²) in [4.78, 5) is 15.0. The van der Waals surface area contributed by atoms with E-state index in [1.807, 2.05) is 89.4 Å². The van der Waals surface area contributed by atoms with Crippen LogP contribution in [-0.4, -0.2) is 10.5 Å². The van der Waals surface area contributed by atoms with Crippen molar-refractivity contribution in [1.82, 2.24) is 4.57 Å². The smallest absolute Gasteiger partial charge is 0.256 e. The number of aromatic nitrogens is 1. The van der Waals surface area contributed by atoms with Gasteiger partial charge in [-0.25, -0.2) is 0 Å². The van der Waals surface area contributed by atoms with E-state index in [2.05, 4.69) is 12.1 Å². The molecule has 1 saturated heterocycles. The van der Waals surface area contributed by atoms with Crippen LogP contribution in [0.25, 0.3) is 0 Å². The summed E-state index contributed by atoms with van der Waals surface area (Å²) in [6.45, 7) is 2.02. The second kappa shape index (κ2) is 5.13. The molecule has 0 radical (unpaired) electrons. The van der Waals surface area contributed by atoms with Gasteiger partial charge in [0, 0.05) is 18.1 Å². The van der Waals surface area contributed by atoms with Gasteiger partial charge in [0.05, 0.1) is 6.04 Å². The molecule has 114 valence electrons. The molecule has 4 rings (SSSR count). The Morgan fingerprint density at radius 3 is 2.00 bits per heavy atom. The maximum atomic E-state index is 13.1. The van der Waals surface area contributed by atoms with Gasteiger partial charge in [-0.3, -0.25) is 9.69 Å². The van der Waals surface area contributed by atoms with Crippen LogP contribution in [0.5, 0.6) is 0 Å². The summed E-state index contributed by atoms with van der Waals surface area (Å²) in [5.74, 6) is 0.119. The predicted molar refractivity (Wildman–Crippen MR) is 91.2 cm³/mol. The zero-order valence-electron chi connectivity index (χ0n) is 13.0. The number of β-lactam (4-membered cyclic amide) rings is 1. The number of hydrogen-bond acceptors (Lipinski definition) is 1. The van der Waals surface area contributed by atoms with E-state index in [-0.39, 0.29) is 11.9 Å². The van der Waals surface area contributed by atoms with E-state index >= 15 is 0 Å². The molecule has 1 amide bonds. The topological polar surface area (TPSA) is 25.2 Å². The molecule has 2 heterocycles. The number of amides is 1. The highest BCUT2D eigenvalue weighted by molar-refractivity contribution is 6.07. The molecule has 0 saturated carbocycles. The minimum absolute atomic E-state index is 0.0222. The van der Waals surface area contributed by atoms with E-state index in [0.717, 1.165) is 11.3 Å². The molecule has 1 aliphatic rings. The van der Waals surface area contributed by atoms with Gasteiger partial charge in [0.2, 0.25) is 0 Å². The zero-order valence-corrected chi connectivity index (χ0v) is 13.0. The molecule has 1 aromatic heterocycles. The van der Waals surface area contributed by atoms with Crippen molar-refractivity contribution in [1.29, 1.82) is 0 Å². The third-order valence-corrected chi connectivity index (χ3v) is 4.73. The largest absolute Gasteiger partial charge is 0.337 e. The number of carbonyl (C=O) groups is 1. The Morgan fingerprint density at radius 1 is 0.826 bits per heavy atom. The van der Waals surface area contributed by atoms with Crippen LogP contribution in [0.3, 0.4) is 0 Å². The lowest BCUT2D eigenvalue weighted by Crippen LogP contribution is -2.67. The lowest BCUT2D eigenvalue weighted by Gasteiger charge is -2.55. The van der Waals surface area contributed by atoms with Gasteiger partial charge >= 0.3 is 0 Å². The Kier molecular flexibility index (Phi) is 3.08. The van der Waals surface area contributed by atoms with Crippen molar-refractivity contribution in [3.8, 4) is 0 Å². The summed E-state index contributed by atoms with van der Waals surface area (Å²) in [5, 5.41) is 0. The molecule has 23 heavy (non-hydrogen) atoms. The van der Waals surface area contributed by atoms with E-state index in [1.54, 1.807) is 0 Å². The molecule has 0 bridgehead atoms. The number of anilines is 1. The minimum atomic E-state index is -0.597. The first kappa shape index (κ1) is 13.8. The van der Waals surface area contributed by atoms with Crippen LogP contribution in [0.1, 0.15) is 18.5 Å². The summed E-state index contributed by atoms with van der Waals surface area (Å²) >= 11 is 0. The summed E-state index contributed by atoms with van der Waals surface area (Å²) in [6.07, 6.45) is 3.94. The zero-order chi connectivity index (χ0) is 15.9. The third kappa shape index (κ3) is 1.93. The van der Waals surface area contributed by atoms with E-state index in [9.17, 15) is 4.79 Å². The molecule has 0 aliphatic carbocycles. The highest BCUT2D eigenvalue weighted by Crippen LogP contribution is 2.50. The quantitative estimate of drug-likeness (QED) is 0.672. The Balaban J connectivity index is 1.84. The van der Waals surface area contributed by atoms with Crippen LogP contribution < -0.4 is 4.90 Å². The molecular weight excluding hydrogens is 284 g/mol. The molecule has 1 fully saturated rings. The highest BCUT2D eigenvalue weighted by Gasteiger charge is 2.59. The Bertz CT molecular complexity index is 811. The predicted octanol–water partition coefficient (Wildman–Crippen LogP) is 3.99. The van der Waals surface area contributed by atoms with Gasteiger partial charge in [-0.1, -0.05) is 48.5 Å². The number of para-hydroxylation sites is 1. The standard InChI is InChI=1S/C20H18N2O/c1-20(21-14-8-9-15-21)18(16-10-4-2-5-11-16)22(19(20)23)17-12-6-3-7-13-17/h2-15,18H,1H3. The number of rotatable bonds is 3. The van der Waals surface area contributed by atoms with Crippen molar-refractivity contribution in [2.24, 2.45) is 0 Å². The summed E-state index contributed by atoms with van der Waals surface area (Å²) in [6, 6.07) is 24.0. The van der Waals surface area contributed by atoms with E-state index in [1.165, 1.54) is 0 Å². The average molecular weight is 302 g/mol. The fraction of sp³-hybridized carbons (Fsp3) is 0.150. The molecule has 2 atom stereocenters. The minimum Gasteiger partial charge on any atom is -0.337 e. The van der Waals surface area contributed by atoms with Crippen LogP contribution in [0.15, 0.2) is 85.2 Å². The van der Waals surface area contributed by atoms with Crippen molar-refractivity contribution in [2.75, 3.05) is 4.90 Å². The van der Waals surface area contributed by atoms with Crippen molar-refractivity contribution in [2.45, 2.75) is 18.5 Å². The van der Waals surface area contributed by atoms with Gasteiger partial charge in [0.25, 0.3) is 5.91 Å².